The van der Waals surface area contributed by atoms with Crippen LogP contribution in [-0.4, -0.2) is 19.4 Å². The van der Waals surface area contributed by atoms with Crippen molar-refractivity contribution in [2.75, 3.05) is 7.11 Å². The molecule has 1 amide bonds. The number of ether oxygens (including phenoxy) is 1. The van der Waals surface area contributed by atoms with Crippen LogP contribution in [0.25, 0.3) is 0 Å². The summed E-state index contributed by atoms with van der Waals surface area (Å²) in [6.07, 6.45) is 0.903. The Labute approximate surface area is 77.1 Å². The van der Waals surface area contributed by atoms with Crippen LogP contribution in [0, 0.1) is 6.92 Å². The van der Waals surface area contributed by atoms with Gasteiger partial charge in [-0.1, -0.05) is 29.8 Å². The van der Waals surface area contributed by atoms with E-state index in [4.69, 9.17) is 0 Å². The van der Waals surface area contributed by atoms with Crippen LogP contribution in [0.15, 0.2) is 29.3 Å². The molecule has 0 N–H and O–H groups in total. The third kappa shape index (κ3) is 3.07. The maximum absolute atomic E-state index is 10.6. The largest absolute Gasteiger partial charge is 0.451 e. The van der Waals surface area contributed by atoms with Gasteiger partial charge >= 0.3 is 6.09 Å². The van der Waals surface area contributed by atoms with Crippen molar-refractivity contribution in [1.82, 2.24) is 0 Å². The number of carbonyl (C=O) groups excluding carboxylic acids is 1. The lowest BCUT2D eigenvalue weighted by atomic mass is 10.2. The highest BCUT2D eigenvalue weighted by Crippen LogP contribution is 2.00. The molecule has 0 atom stereocenters. The van der Waals surface area contributed by atoms with Gasteiger partial charge in [0.1, 0.15) is 0 Å². The van der Waals surface area contributed by atoms with Crippen LogP contribution in [0.3, 0.4) is 0 Å². The maximum Gasteiger partial charge on any atom is 0.433 e. The fourth-order valence-corrected chi connectivity index (χ4v) is 0.930. The molecule has 0 aliphatic rings. The van der Waals surface area contributed by atoms with E-state index < -0.39 is 6.09 Å². The summed E-state index contributed by atoms with van der Waals surface area (Å²) in [5.74, 6) is 0. The Morgan fingerprint density at radius 2 is 2.31 bits per heavy atom. The Balaban J connectivity index is 2.74. The van der Waals surface area contributed by atoms with Gasteiger partial charge in [0.15, 0.2) is 0 Å². The molecular formula is C10H11NO2. The van der Waals surface area contributed by atoms with Crippen LogP contribution < -0.4 is 0 Å². The zero-order valence-electron chi connectivity index (χ0n) is 7.65. The predicted octanol–water partition coefficient (Wildman–Crippen LogP) is 2.18. The van der Waals surface area contributed by atoms with Gasteiger partial charge < -0.3 is 4.74 Å². The summed E-state index contributed by atoms with van der Waals surface area (Å²) in [7, 11) is 1.30. The van der Waals surface area contributed by atoms with Crippen molar-refractivity contribution in [3.63, 3.8) is 0 Å². The van der Waals surface area contributed by atoms with E-state index in [2.05, 4.69) is 9.73 Å². The van der Waals surface area contributed by atoms with Crippen LogP contribution in [0.5, 0.6) is 0 Å². The summed E-state index contributed by atoms with van der Waals surface area (Å²) in [5, 5.41) is 0. The molecule has 0 fully saturated rings. The second-order valence-corrected chi connectivity index (χ2v) is 2.64. The highest BCUT2D eigenvalue weighted by molar-refractivity contribution is 5.88. The first-order valence-electron chi connectivity index (χ1n) is 3.91. The summed E-state index contributed by atoms with van der Waals surface area (Å²) < 4.78 is 4.37. The summed E-state index contributed by atoms with van der Waals surface area (Å²) >= 11 is 0. The van der Waals surface area contributed by atoms with E-state index in [9.17, 15) is 4.79 Å². The molecule has 0 unspecified atom stereocenters. The monoisotopic (exact) mass is 177 g/mol. The average molecular weight is 177 g/mol. The summed E-state index contributed by atoms with van der Waals surface area (Å²) in [5.41, 5.74) is 2.03. The molecule has 13 heavy (non-hydrogen) atoms. The lowest BCUT2D eigenvalue weighted by Crippen LogP contribution is -1.93. The quantitative estimate of drug-likeness (QED) is 0.616. The molecular weight excluding hydrogens is 166 g/mol. The molecule has 68 valence electrons. The van der Waals surface area contributed by atoms with Gasteiger partial charge in [-0.3, -0.25) is 0 Å². The number of hydrogen-bond donors (Lipinski definition) is 0. The number of methoxy groups -OCH3 is 1. The second-order valence-electron chi connectivity index (χ2n) is 2.64. The highest BCUT2D eigenvalue weighted by atomic mass is 16.5. The van der Waals surface area contributed by atoms with Crippen LogP contribution in [0.2, 0.25) is 0 Å². The van der Waals surface area contributed by atoms with Gasteiger partial charge in [0.2, 0.25) is 0 Å². The van der Waals surface area contributed by atoms with E-state index in [1.807, 2.05) is 31.2 Å². The summed E-state index contributed by atoms with van der Waals surface area (Å²) in [6.45, 7) is 1.98. The minimum absolute atomic E-state index is 0.582. The molecule has 0 saturated carbocycles. The van der Waals surface area contributed by atoms with Gasteiger partial charge in [0.05, 0.1) is 7.11 Å². The Morgan fingerprint density at radius 1 is 1.54 bits per heavy atom. The predicted molar refractivity (Wildman–Crippen MR) is 51.2 cm³/mol. The van der Waals surface area contributed by atoms with E-state index in [1.165, 1.54) is 13.3 Å². The number of aliphatic imine (C=N–C) groups is 1. The van der Waals surface area contributed by atoms with Crippen molar-refractivity contribution in [1.29, 1.82) is 0 Å². The number of aryl methyl sites for hydroxylation is 1. The lowest BCUT2D eigenvalue weighted by Gasteiger charge is -1.94. The van der Waals surface area contributed by atoms with Gasteiger partial charge in [-0.2, -0.15) is 4.99 Å². The number of rotatable bonds is 1. The standard InChI is InChI=1S/C10H11NO2/c1-8-4-3-5-9(6-8)7-11-10(12)13-2/h3-7H,1-2H3. The molecule has 1 aromatic carbocycles. The SMILES string of the molecule is COC(=O)N=Cc1cccc(C)c1. The van der Waals surface area contributed by atoms with Gasteiger partial charge in [0, 0.05) is 6.21 Å². The number of carbonyl (C=O) groups is 1. The minimum Gasteiger partial charge on any atom is -0.451 e. The first-order valence-corrected chi connectivity index (χ1v) is 3.91. The van der Waals surface area contributed by atoms with Gasteiger partial charge in [-0.05, 0) is 12.5 Å². The Morgan fingerprint density at radius 3 is 2.92 bits per heavy atom. The van der Waals surface area contributed by atoms with Gasteiger partial charge in [0.25, 0.3) is 0 Å². The topological polar surface area (TPSA) is 38.7 Å². The molecule has 0 spiro atoms. The van der Waals surface area contributed by atoms with Crippen LogP contribution in [0.1, 0.15) is 11.1 Å². The van der Waals surface area contributed by atoms with E-state index >= 15 is 0 Å². The molecule has 3 nitrogen and oxygen atoms in total. The first-order chi connectivity index (χ1) is 6.22. The fourth-order valence-electron chi connectivity index (χ4n) is 0.930. The molecule has 0 aliphatic heterocycles. The van der Waals surface area contributed by atoms with E-state index in [0.717, 1.165) is 11.1 Å². The molecule has 0 aliphatic carbocycles. The van der Waals surface area contributed by atoms with Crippen molar-refractivity contribution in [2.45, 2.75) is 6.92 Å². The second kappa shape index (κ2) is 4.40. The van der Waals surface area contributed by atoms with Crippen molar-refractivity contribution < 1.29 is 9.53 Å². The normalized spacial score (nSPS) is 10.3. The molecule has 0 aromatic heterocycles. The van der Waals surface area contributed by atoms with Crippen molar-refractivity contribution in [3.05, 3.63) is 35.4 Å². The molecule has 0 radical (unpaired) electrons. The number of nitrogens with zero attached hydrogens (tertiary/aromatic N) is 1. The molecule has 3 heteroatoms. The number of hydrogen-bond acceptors (Lipinski definition) is 2. The zero-order chi connectivity index (χ0) is 9.68. The third-order valence-corrected chi connectivity index (χ3v) is 1.54. The maximum atomic E-state index is 10.6. The summed E-state index contributed by atoms with van der Waals surface area (Å²) in [6, 6.07) is 7.70. The Kier molecular flexibility index (Phi) is 3.20. The highest BCUT2D eigenvalue weighted by Gasteiger charge is 1.92. The molecule has 1 aromatic rings. The Hall–Kier alpha value is -1.64. The number of benzene rings is 1. The van der Waals surface area contributed by atoms with E-state index in [-0.39, 0.29) is 0 Å². The van der Waals surface area contributed by atoms with Crippen LogP contribution >= 0.6 is 0 Å². The fraction of sp³-hybridized carbons (Fsp3) is 0.200. The lowest BCUT2D eigenvalue weighted by molar-refractivity contribution is 0.183. The minimum atomic E-state index is -0.582. The van der Waals surface area contributed by atoms with Gasteiger partial charge in [-0.15, -0.1) is 0 Å². The third-order valence-electron chi connectivity index (χ3n) is 1.54. The van der Waals surface area contributed by atoms with Crippen molar-refractivity contribution in [3.8, 4) is 0 Å². The van der Waals surface area contributed by atoms with E-state index in [0.29, 0.717) is 0 Å². The molecule has 0 heterocycles. The molecule has 1 rings (SSSR count). The average Bonchev–Trinajstić information content (AvgIpc) is 2.14. The van der Waals surface area contributed by atoms with Crippen molar-refractivity contribution >= 4 is 12.3 Å². The Bertz CT molecular complexity index is 331. The van der Waals surface area contributed by atoms with Crippen LogP contribution in [0.4, 0.5) is 4.79 Å². The van der Waals surface area contributed by atoms with Gasteiger partial charge in [-0.25, -0.2) is 4.79 Å². The van der Waals surface area contributed by atoms with E-state index in [1.54, 1.807) is 0 Å². The smallest absolute Gasteiger partial charge is 0.433 e. The summed E-state index contributed by atoms with van der Waals surface area (Å²) in [4.78, 5) is 14.2. The number of amides is 1. The molecule has 0 bridgehead atoms. The molecule has 0 saturated heterocycles. The first kappa shape index (κ1) is 9.45. The van der Waals surface area contributed by atoms with Crippen LogP contribution in [-0.2, 0) is 4.74 Å². The van der Waals surface area contributed by atoms with Crippen molar-refractivity contribution in [2.24, 2.45) is 4.99 Å². The zero-order valence-corrected chi connectivity index (χ0v) is 7.65.